The Bertz CT molecular complexity index is 363. The van der Waals surface area contributed by atoms with E-state index >= 15 is 0 Å². The van der Waals surface area contributed by atoms with E-state index in [4.69, 9.17) is 17.3 Å². The highest BCUT2D eigenvalue weighted by molar-refractivity contribution is 6.28. The summed E-state index contributed by atoms with van der Waals surface area (Å²) < 4.78 is 0. The van der Waals surface area contributed by atoms with E-state index in [9.17, 15) is 0 Å². The van der Waals surface area contributed by atoms with Gasteiger partial charge in [-0.1, -0.05) is 27.7 Å². The van der Waals surface area contributed by atoms with Crippen LogP contribution >= 0.6 is 11.6 Å². The largest absolute Gasteiger partial charge is 0.394 e. The number of nitrogens with zero attached hydrogens (tertiary/aromatic N) is 2. The monoisotopic (exact) mass is 242 g/mol. The van der Waals surface area contributed by atoms with Gasteiger partial charge in [-0.3, -0.25) is 0 Å². The van der Waals surface area contributed by atoms with Crippen molar-refractivity contribution in [2.75, 3.05) is 17.6 Å². The Morgan fingerprint density at radius 3 is 2.69 bits per heavy atom. The number of hydrogen-bond acceptors (Lipinski definition) is 4. The number of nitrogens with two attached hydrogens (primary N) is 1. The molecule has 0 aromatic carbocycles. The van der Waals surface area contributed by atoms with Crippen LogP contribution in [0, 0.1) is 11.3 Å². The van der Waals surface area contributed by atoms with E-state index in [1.165, 1.54) is 6.20 Å². The van der Waals surface area contributed by atoms with Crippen LogP contribution in [0.25, 0.3) is 0 Å². The fourth-order valence-electron chi connectivity index (χ4n) is 1.03. The van der Waals surface area contributed by atoms with Gasteiger partial charge in [-0.05, 0) is 22.9 Å². The first-order valence-electron chi connectivity index (χ1n) is 5.35. The number of nitrogens with one attached hydrogen (secondary N) is 1. The van der Waals surface area contributed by atoms with Crippen LogP contribution in [-0.4, -0.2) is 16.5 Å². The average Bonchev–Trinajstić information content (AvgIpc) is 2.19. The first-order chi connectivity index (χ1) is 7.33. The van der Waals surface area contributed by atoms with Gasteiger partial charge < -0.3 is 11.1 Å². The summed E-state index contributed by atoms with van der Waals surface area (Å²) in [6.07, 6.45) is 1.51. The Morgan fingerprint density at radius 2 is 2.12 bits per heavy atom. The summed E-state index contributed by atoms with van der Waals surface area (Å²) >= 11 is 5.71. The molecule has 0 amide bonds. The predicted octanol–water partition coefficient (Wildman–Crippen LogP) is 2.81. The normalized spacial score (nSPS) is 11.9. The topological polar surface area (TPSA) is 63.8 Å². The average molecular weight is 243 g/mol. The molecule has 0 aliphatic rings. The van der Waals surface area contributed by atoms with E-state index in [0.717, 1.165) is 6.54 Å². The fraction of sp³-hybridized carbons (Fsp3) is 0.636. The lowest BCUT2D eigenvalue weighted by atomic mass is 9.81. The van der Waals surface area contributed by atoms with E-state index in [1.54, 1.807) is 0 Å². The highest BCUT2D eigenvalue weighted by atomic mass is 35.5. The number of aromatic nitrogens is 2. The predicted molar refractivity (Wildman–Crippen MR) is 68.6 cm³/mol. The van der Waals surface area contributed by atoms with Crippen LogP contribution in [0.4, 0.5) is 11.5 Å². The highest BCUT2D eigenvalue weighted by Crippen LogP contribution is 2.27. The number of halogens is 1. The van der Waals surface area contributed by atoms with Gasteiger partial charge >= 0.3 is 0 Å². The summed E-state index contributed by atoms with van der Waals surface area (Å²) in [5, 5.41) is 3.42. The Hall–Kier alpha value is -1.03. The molecule has 1 aromatic heterocycles. The van der Waals surface area contributed by atoms with Crippen LogP contribution in [0.2, 0.25) is 5.28 Å². The molecule has 0 fully saturated rings. The maximum atomic E-state index is 5.75. The Balaban J connectivity index is 2.71. The van der Waals surface area contributed by atoms with Gasteiger partial charge in [0.1, 0.15) is 0 Å². The van der Waals surface area contributed by atoms with Crippen molar-refractivity contribution in [2.24, 2.45) is 11.3 Å². The molecule has 0 unspecified atom stereocenters. The molecule has 0 aliphatic carbocycles. The third-order valence-corrected chi connectivity index (χ3v) is 3.24. The minimum Gasteiger partial charge on any atom is -0.394 e. The second-order valence-electron chi connectivity index (χ2n) is 4.94. The van der Waals surface area contributed by atoms with E-state index in [-0.39, 0.29) is 10.7 Å². The first-order valence-corrected chi connectivity index (χ1v) is 5.72. The summed E-state index contributed by atoms with van der Waals surface area (Å²) in [4.78, 5) is 7.86. The lowest BCUT2D eigenvalue weighted by Gasteiger charge is -2.29. The van der Waals surface area contributed by atoms with Gasteiger partial charge in [0.15, 0.2) is 5.82 Å². The molecule has 1 heterocycles. The van der Waals surface area contributed by atoms with Gasteiger partial charge in [0.2, 0.25) is 5.28 Å². The second kappa shape index (κ2) is 4.87. The molecule has 5 heteroatoms. The van der Waals surface area contributed by atoms with Crippen LogP contribution in [0.15, 0.2) is 6.20 Å². The van der Waals surface area contributed by atoms with Crippen LogP contribution in [0.3, 0.4) is 0 Å². The molecule has 0 radical (unpaired) electrons. The molecule has 90 valence electrons. The molecule has 1 rings (SSSR count). The van der Waals surface area contributed by atoms with Crippen molar-refractivity contribution in [3.8, 4) is 0 Å². The van der Waals surface area contributed by atoms with Crippen molar-refractivity contribution < 1.29 is 0 Å². The maximum absolute atomic E-state index is 5.75. The molecule has 3 N–H and O–H groups in total. The molecule has 0 saturated heterocycles. The second-order valence-corrected chi connectivity index (χ2v) is 5.28. The highest BCUT2D eigenvalue weighted by Gasteiger charge is 2.22. The molecule has 0 aliphatic heterocycles. The number of anilines is 2. The minimum atomic E-state index is 0.171. The summed E-state index contributed by atoms with van der Waals surface area (Å²) in [5.41, 5.74) is 6.44. The first kappa shape index (κ1) is 13.0. The van der Waals surface area contributed by atoms with Gasteiger partial charge in [-0.2, -0.15) is 4.98 Å². The third-order valence-electron chi connectivity index (χ3n) is 3.06. The van der Waals surface area contributed by atoms with Crippen LogP contribution in [0.1, 0.15) is 27.7 Å². The molecule has 0 spiro atoms. The zero-order chi connectivity index (χ0) is 12.3. The lowest BCUT2D eigenvalue weighted by Crippen LogP contribution is -2.29. The Labute approximate surface area is 102 Å². The number of hydrogen-bond donors (Lipinski definition) is 2. The molecule has 4 nitrogen and oxygen atoms in total. The SMILES string of the molecule is CC(C)C(C)(C)CNc1nc(Cl)ncc1N. The summed E-state index contributed by atoms with van der Waals surface area (Å²) in [7, 11) is 0. The van der Waals surface area contributed by atoms with Crippen molar-refractivity contribution in [3.05, 3.63) is 11.5 Å². The Kier molecular flexibility index (Phi) is 3.97. The van der Waals surface area contributed by atoms with Crippen molar-refractivity contribution in [1.82, 2.24) is 9.97 Å². The zero-order valence-corrected chi connectivity index (χ0v) is 11.0. The van der Waals surface area contributed by atoms with Crippen molar-refractivity contribution in [3.63, 3.8) is 0 Å². The molecular formula is C11H19ClN4. The summed E-state index contributed by atoms with van der Waals surface area (Å²) in [6, 6.07) is 0. The van der Waals surface area contributed by atoms with Gasteiger partial charge in [-0.25, -0.2) is 4.98 Å². The van der Waals surface area contributed by atoms with Crippen LogP contribution in [0.5, 0.6) is 0 Å². The third kappa shape index (κ3) is 3.23. The van der Waals surface area contributed by atoms with Crippen LogP contribution < -0.4 is 11.1 Å². The summed E-state index contributed by atoms with van der Waals surface area (Å²) in [6.45, 7) is 9.57. The van der Waals surface area contributed by atoms with Gasteiger partial charge in [0, 0.05) is 6.54 Å². The molecule has 0 atom stereocenters. The Morgan fingerprint density at radius 1 is 1.50 bits per heavy atom. The van der Waals surface area contributed by atoms with Crippen molar-refractivity contribution in [1.29, 1.82) is 0 Å². The van der Waals surface area contributed by atoms with Crippen LogP contribution in [-0.2, 0) is 0 Å². The quantitative estimate of drug-likeness (QED) is 0.797. The lowest BCUT2D eigenvalue weighted by molar-refractivity contribution is 0.269. The summed E-state index contributed by atoms with van der Waals surface area (Å²) in [5.74, 6) is 1.17. The van der Waals surface area contributed by atoms with E-state index in [1.807, 2.05) is 0 Å². The smallest absolute Gasteiger partial charge is 0.224 e. The van der Waals surface area contributed by atoms with E-state index < -0.39 is 0 Å². The molecule has 0 bridgehead atoms. The minimum absolute atomic E-state index is 0.171. The molecular weight excluding hydrogens is 224 g/mol. The van der Waals surface area contributed by atoms with E-state index in [0.29, 0.717) is 17.4 Å². The molecule has 0 saturated carbocycles. The van der Waals surface area contributed by atoms with Gasteiger partial charge in [0.05, 0.1) is 11.9 Å². The fourth-order valence-corrected chi connectivity index (χ4v) is 1.16. The van der Waals surface area contributed by atoms with Crippen molar-refractivity contribution in [2.45, 2.75) is 27.7 Å². The molecule has 16 heavy (non-hydrogen) atoms. The number of nitrogen functional groups attached to an aromatic ring is 1. The zero-order valence-electron chi connectivity index (χ0n) is 10.2. The number of rotatable bonds is 4. The standard InChI is InChI=1S/C11H19ClN4/c1-7(2)11(3,4)6-15-9-8(13)5-14-10(12)16-9/h5,7H,6,13H2,1-4H3,(H,14,15,16). The maximum Gasteiger partial charge on any atom is 0.224 e. The van der Waals surface area contributed by atoms with E-state index in [2.05, 4.69) is 43.0 Å². The molecule has 1 aromatic rings. The van der Waals surface area contributed by atoms with Crippen molar-refractivity contribution >= 4 is 23.1 Å². The van der Waals surface area contributed by atoms with Gasteiger partial charge in [0.25, 0.3) is 0 Å². The van der Waals surface area contributed by atoms with Gasteiger partial charge in [-0.15, -0.1) is 0 Å².